The van der Waals surface area contributed by atoms with Gasteiger partial charge in [-0.15, -0.1) is 12.6 Å². The minimum absolute atomic E-state index is 0.0283. The lowest BCUT2D eigenvalue weighted by Gasteiger charge is -2.20. The number of carbonyl (C=O) groups is 1. The number of halogens is 1. The standard InChI is InChI=1S/C14H18BrNOS/c1-9(2)14(5-6-14)8-16-13(17)11-4-3-10(15)7-12(11)18/h3-4,7,9,18H,5-6,8H2,1-2H3,(H,16,17). The fraction of sp³-hybridized carbons (Fsp3) is 0.500. The number of benzene rings is 1. The maximum absolute atomic E-state index is 12.1. The van der Waals surface area contributed by atoms with Crippen LogP contribution in [0.4, 0.5) is 0 Å². The Morgan fingerprint density at radius 1 is 1.50 bits per heavy atom. The first-order valence-electron chi connectivity index (χ1n) is 6.21. The number of nitrogens with one attached hydrogen (secondary N) is 1. The molecule has 0 aromatic heterocycles. The van der Waals surface area contributed by atoms with E-state index in [0.717, 1.165) is 11.0 Å². The van der Waals surface area contributed by atoms with Crippen LogP contribution in [0.25, 0.3) is 0 Å². The lowest BCUT2D eigenvalue weighted by molar-refractivity contribution is 0.0937. The van der Waals surface area contributed by atoms with Gasteiger partial charge in [0, 0.05) is 15.9 Å². The van der Waals surface area contributed by atoms with E-state index in [0.29, 0.717) is 21.8 Å². The van der Waals surface area contributed by atoms with Gasteiger partial charge in [0.25, 0.3) is 5.91 Å². The molecule has 0 heterocycles. The molecule has 0 spiro atoms. The molecule has 0 bridgehead atoms. The average molecular weight is 328 g/mol. The maximum Gasteiger partial charge on any atom is 0.252 e. The Labute approximate surface area is 122 Å². The van der Waals surface area contributed by atoms with E-state index in [2.05, 4.69) is 47.7 Å². The van der Waals surface area contributed by atoms with Crippen LogP contribution in [0.5, 0.6) is 0 Å². The smallest absolute Gasteiger partial charge is 0.252 e. The highest BCUT2D eigenvalue weighted by molar-refractivity contribution is 9.10. The van der Waals surface area contributed by atoms with Gasteiger partial charge in [-0.3, -0.25) is 4.79 Å². The van der Waals surface area contributed by atoms with E-state index in [1.165, 1.54) is 12.8 Å². The van der Waals surface area contributed by atoms with Crippen LogP contribution in [0.3, 0.4) is 0 Å². The molecule has 0 radical (unpaired) electrons. The quantitative estimate of drug-likeness (QED) is 0.807. The molecule has 0 saturated heterocycles. The van der Waals surface area contributed by atoms with Crippen molar-refractivity contribution in [2.24, 2.45) is 11.3 Å². The van der Waals surface area contributed by atoms with E-state index in [1.54, 1.807) is 6.07 Å². The van der Waals surface area contributed by atoms with Crippen LogP contribution in [0.1, 0.15) is 37.0 Å². The fourth-order valence-corrected chi connectivity index (χ4v) is 3.02. The average Bonchev–Trinajstić information content (AvgIpc) is 3.07. The van der Waals surface area contributed by atoms with E-state index in [1.807, 2.05) is 12.1 Å². The molecular formula is C14H18BrNOS. The second-order valence-corrected chi connectivity index (χ2v) is 6.76. The molecule has 1 saturated carbocycles. The van der Waals surface area contributed by atoms with Crippen molar-refractivity contribution in [2.75, 3.05) is 6.54 Å². The Morgan fingerprint density at radius 2 is 2.17 bits per heavy atom. The summed E-state index contributed by atoms with van der Waals surface area (Å²) < 4.78 is 0.935. The first-order chi connectivity index (χ1) is 8.44. The number of carbonyl (C=O) groups excluding carboxylic acids is 1. The number of rotatable bonds is 4. The monoisotopic (exact) mass is 327 g/mol. The van der Waals surface area contributed by atoms with Crippen molar-refractivity contribution in [3.63, 3.8) is 0 Å². The van der Waals surface area contributed by atoms with Gasteiger partial charge in [-0.25, -0.2) is 0 Å². The summed E-state index contributed by atoms with van der Waals surface area (Å²) in [6.45, 7) is 5.22. The summed E-state index contributed by atoms with van der Waals surface area (Å²) in [4.78, 5) is 12.8. The third-order valence-corrected chi connectivity index (χ3v) is 4.79. The predicted molar refractivity (Wildman–Crippen MR) is 80.2 cm³/mol. The van der Waals surface area contributed by atoms with Crippen molar-refractivity contribution in [2.45, 2.75) is 31.6 Å². The molecule has 4 heteroatoms. The van der Waals surface area contributed by atoms with Gasteiger partial charge in [-0.2, -0.15) is 0 Å². The van der Waals surface area contributed by atoms with Crippen LogP contribution >= 0.6 is 28.6 Å². The molecule has 98 valence electrons. The second kappa shape index (κ2) is 5.25. The Kier molecular flexibility index (Phi) is 4.07. The molecule has 0 atom stereocenters. The van der Waals surface area contributed by atoms with E-state index < -0.39 is 0 Å². The van der Waals surface area contributed by atoms with Gasteiger partial charge in [-0.1, -0.05) is 29.8 Å². The zero-order valence-corrected chi connectivity index (χ0v) is 13.1. The molecule has 0 aliphatic heterocycles. The van der Waals surface area contributed by atoms with Crippen LogP contribution in [0.15, 0.2) is 27.6 Å². The minimum Gasteiger partial charge on any atom is -0.351 e. The third-order valence-electron chi connectivity index (χ3n) is 3.92. The zero-order chi connectivity index (χ0) is 13.3. The van der Waals surface area contributed by atoms with Crippen molar-refractivity contribution in [3.05, 3.63) is 28.2 Å². The molecule has 2 rings (SSSR count). The molecule has 1 aromatic rings. The Hall–Kier alpha value is -0.480. The summed E-state index contributed by atoms with van der Waals surface area (Å²) in [7, 11) is 0. The Bertz CT molecular complexity index is 469. The zero-order valence-electron chi connectivity index (χ0n) is 10.7. The van der Waals surface area contributed by atoms with Crippen LogP contribution < -0.4 is 5.32 Å². The van der Waals surface area contributed by atoms with Gasteiger partial charge in [-0.05, 0) is 42.4 Å². The van der Waals surface area contributed by atoms with E-state index in [4.69, 9.17) is 0 Å². The van der Waals surface area contributed by atoms with Gasteiger partial charge < -0.3 is 5.32 Å². The fourth-order valence-electron chi connectivity index (χ4n) is 2.17. The summed E-state index contributed by atoms with van der Waals surface area (Å²) in [5.74, 6) is 0.595. The molecule has 1 fully saturated rings. The summed E-state index contributed by atoms with van der Waals surface area (Å²) >= 11 is 7.70. The molecule has 18 heavy (non-hydrogen) atoms. The van der Waals surface area contributed by atoms with Crippen LogP contribution in [-0.2, 0) is 0 Å². The van der Waals surface area contributed by atoms with E-state index >= 15 is 0 Å². The Balaban J connectivity index is 2.00. The molecule has 1 aromatic carbocycles. The van der Waals surface area contributed by atoms with Crippen molar-refractivity contribution in [1.29, 1.82) is 0 Å². The third kappa shape index (κ3) is 2.91. The molecule has 2 nitrogen and oxygen atoms in total. The van der Waals surface area contributed by atoms with Gasteiger partial charge in [0.2, 0.25) is 0 Å². The van der Waals surface area contributed by atoms with Crippen LogP contribution in [-0.4, -0.2) is 12.5 Å². The summed E-state index contributed by atoms with van der Waals surface area (Å²) in [5.41, 5.74) is 0.975. The van der Waals surface area contributed by atoms with Crippen LogP contribution in [0, 0.1) is 11.3 Å². The molecular weight excluding hydrogens is 310 g/mol. The highest BCUT2D eigenvalue weighted by atomic mass is 79.9. The molecule has 1 amide bonds. The molecule has 1 aliphatic carbocycles. The first-order valence-corrected chi connectivity index (χ1v) is 7.45. The SMILES string of the molecule is CC(C)C1(CNC(=O)c2ccc(Br)cc2S)CC1. The van der Waals surface area contributed by atoms with Crippen molar-refractivity contribution in [3.8, 4) is 0 Å². The lowest BCUT2D eigenvalue weighted by Crippen LogP contribution is -2.32. The topological polar surface area (TPSA) is 29.1 Å². The maximum atomic E-state index is 12.1. The number of hydrogen-bond acceptors (Lipinski definition) is 2. The predicted octanol–water partition coefficient (Wildman–Crippen LogP) is 3.90. The van der Waals surface area contributed by atoms with Crippen molar-refractivity contribution in [1.82, 2.24) is 5.32 Å². The van der Waals surface area contributed by atoms with E-state index in [9.17, 15) is 4.79 Å². The first kappa shape index (κ1) is 13.9. The van der Waals surface area contributed by atoms with Crippen molar-refractivity contribution >= 4 is 34.5 Å². The molecule has 1 aliphatic rings. The van der Waals surface area contributed by atoms with Crippen molar-refractivity contribution < 1.29 is 4.79 Å². The summed E-state index contributed by atoms with van der Waals surface area (Å²) in [6.07, 6.45) is 2.44. The lowest BCUT2D eigenvalue weighted by atomic mass is 9.92. The molecule has 0 unspecified atom stereocenters. The largest absolute Gasteiger partial charge is 0.351 e. The number of thiol groups is 1. The molecule has 1 N–H and O–H groups in total. The number of hydrogen-bond donors (Lipinski definition) is 2. The second-order valence-electron chi connectivity index (χ2n) is 5.36. The highest BCUT2D eigenvalue weighted by Gasteiger charge is 2.45. The Morgan fingerprint density at radius 3 is 2.67 bits per heavy atom. The van der Waals surface area contributed by atoms with E-state index in [-0.39, 0.29) is 5.91 Å². The van der Waals surface area contributed by atoms with Gasteiger partial charge in [0.1, 0.15) is 0 Å². The summed E-state index contributed by atoms with van der Waals surface area (Å²) in [6, 6.07) is 5.51. The van der Waals surface area contributed by atoms with Gasteiger partial charge >= 0.3 is 0 Å². The normalized spacial score (nSPS) is 16.7. The minimum atomic E-state index is -0.0283. The highest BCUT2D eigenvalue weighted by Crippen LogP contribution is 2.51. The van der Waals surface area contributed by atoms with Crippen LogP contribution in [0.2, 0.25) is 0 Å². The van der Waals surface area contributed by atoms with Gasteiger partial charge in [0.15, 0.2) is 0 Å². The van der Waals surface area contributed by atoms with Gasteiger partial charge in [0.05, 0.1) is 5.56 Å². The summed E-state index contributed by atoms with van der Waals surface area (Å²) in [5, 5.41) is 3.04. The number of amides is 1.